The summed E-state index contributed by atoms with van der Waals surface area (Å²) in [5.74, 6) is -0.203. The highest BCUT2D eigenvalue weighted by atomic mass is 79.9. The monoisotopic (exact) mass is 407 g/mol. The van der Waals surface area contributed by atoms with Gasteiger partial charge < -0.3 is 10.5 Å². The van der Waals surface area contributed by atoms with Crippen LogP contribution in [0, 0.1) is 5.82 Å². The Bertz CT molecular complexity index is 574. The van der Waals surface area contributed by atoms with Gasteiger partial charge in [-0.15, -0.1) is 11.3 Å². The lowest BCUT2D eigenvalue weighted by atomic mass is 10.1. The minimum atomic E-state index is -0.407. The normalized spacial score (nSPS) is 14.2. The van der Waals surface area contributed by atoms with Crippen LogP contribution >= 0.6 is 43.2 Å². The van der Waals surface area contributed by atoms with Gasteiger partial charge in [0.2, 0.25) is 0 Å². The van der Waals surface area contributed by atoms with E-state index in [1.54, 1.807) is 12.1 Å². The van der Waals surface area contributed by atoms with Crippen molar-refractivity contribution in [2.45, 2.75) is 19.1 Å². The first kappa shape index (κ1) is 15.0. The van der Waals surface area contributed by atoms with Crippen molar-refractivity contribution in [2.24, 2.45) is 5.73 Å². The second-order valence-corrected chi connectivity index (χ2v) is 6.91. The molecule has 2 rings (SSSR count). The second kappa shape index (κ2) is 6.35. The van der Waals surface area contributed by atoms with Crippen LogP contribution < -0.4 is 10.5 Å². The number of rotatable bonds is 4. The Labute approximate surface area is 132 Å². The minimum Gasteiger partial charge on any atom is -0.480 e. The van der Waals surface area contributed by atoms with Crippen LogP contribution in [-0.2, 0) is 0 Å². The molecule has 0 saturated heterocycles. The van der Waals surface area contributed by atoms with E-state index in [2.05, 4.69) is 31.9 Å². The number of halogens is 3. The standard InChI is InChI=1S/C13H12Br2FNOS/c1-7(17)13(12-5-9(15)6-19-12)18-11-3-2-8(14)4-10(11)16/h2-7,13H,17H2,1H3. The molecule has 2 nitrogen and oxygen atoms in total. The van der Waals surface area contributed by atoms with Gasteiger partial charge in [-0.1, -0.05) is 15.9 Å². The highest BCUT2D eigenvalue weighted by molar-refractivity contribution is 9.10. The van der Waals surface area contributed by atoms with Crippen LogP contribution in [-0.4, -0.2) is 6.04 Å². The predicted molar refractivity (Wildman–Crippen MR) is 83.1 cm³/mol. The summed E-state index contributed by atoms with van der Waals surface area (Å²) in [4.78, 5) is 0.962. The summed E-state index contributed by atoms with van der Waals surface area (Å²) < 4.78 is 21.2. The van der Waals surface area contributed by atoms with Gasteiger partial charge in [0.05, 0.1) is 0 Å². The van der Waals surface area contributed by atoms with E-state index < -0.39 is 5.82 Å². The molecule has 2 atom stereocenters. The number of benzene rings is 1. The second-order valence-electron chi connectivity index (χ2n) is 4.14. The minimum absolute atomic E-state index is 0.204. The number of nitrogens with two attached hydrogens (primary N) is 1. The van der Waals surface area contributed by atoms with Crippen LogP contribution in [0.4, 0.5) is 4.39 Å². The van der Waals surface area contributed by atoms with Gasteiger partial charge in [-0.3, -0.25) is 0 Å². The van der Waals surface area contributed by atoms with Crippen molar-refractivity contribution in [3.8, 4) is 5.75 Å². The summed E-state index contributed by atoms with van der Waals surface area (Å²) in [6, 6.07) is 6.40. The van der Waals surface area contributed by atoms with Gasteiger partial charge in [0.25, 0.3) is 0 Å². The molecule has 0 saturated carbocycles. The van der Waals surface area contributed by atoms with Gasteiger partial charge in [0, 0.05) is 25.2 Å². The van der Waals surface area contributed by atoms with E-state index in [1.165, 1.54) is 17.4 Å². The average molecular weight is 409 g/mol. The summed E-state index contributed by atoms with van der Waals surface area (Å²) in [5.41, 5.74) is 5.94. The lowest BCUT2D eigenvalue weighted by molar-refractivity contribution is 0.176. The largest absolute Gasteiger partial charge is 0.480 e. The number of ether oxygens (including phenoxy) is 1. The zero-order valence-corrected chi connectivity index (χ0v) is 14.1. The molecule has 0 spiro atoms. The summed E-state index contributed by atoms with van der Waals surface area (Å²) in [7, 11) is 0. The van der Waals surface area contributed by atoms with Crippen LogP contribution in [0.1, 0.15) is 17.9 Å². The van der Waals surface area contributed by atoms with Crippen LogP contribution in [0.15, 0.2) is 38.6 Å². The smallest absolute Gasteiger partial charge is 0.166 e. The molecule has 2 aromatic rings. The molecule has 6 heteroatoms. The summed E-state index contributed by atoms with van der Waals surface area (Å²) >= 11 is 8.14. The molecule has 2 unspecified atom stereocenters. The third-order valence-electron chi connectivity index (χ3n) is 2.49. The van der Waals surface area contributed by atoms with E-state index in [-0.39, 0.29) is 17.9 Å². The van der Waals surface area contributed by atoms with Gasteiger partial charge in [0.15, 0.2) is 11.6 Å². The van der Waals surface area contributed by atoms with Crippen molar-refractivity contribution >= 4 is 43.2 Å². The fourth-order valence-electron chi connectivity index (χ4n) is 1.61. The number of hydrogen-bond acceptors (Lipinski definition) is 3. The van der Waals surface area contributed by atoms with E-state index in [4.69, 9.17) is 10.5 Å². The Morgan fingerprint density at radius 2 is 2.00 bits per heavy atom. The Hall–Kier alpha value is -0.430. The van der Waals surface area contributed by atoms with Gasteiger partial charge in [-0.25, -0.2) is 4.39 Å². The van der Waals surface area contributed by atoms with Gasteiger partial charge in [-0.05, 0) is 47.1 Å². The molecule has 0 aliphatic rings. The highest BCUT2D eigenvalue weighted by Crippen LogP contribution is 2.32. The molecule has 1 heterocycles. The molecular formula is C13H12Br2FNOS. The Kier molecular flexibility index (Phi) is 5.00. The zero-order chi connectivity index (χ0) is 14.0. The Morgan fingerprint density at radius 3 is 2.53 bits per heavy atom. The molecule has 0 aliphatic heterocycles. The molecule has 1 aromatic carbocycles. The van der Waals surface area contributed by atoms with Gasteiger partial charge in [-0.2, -0.15) is 0 Å². The van der Waals surface area contributed by atoms with E-state index in [0.717, 1.165) is 9.35 Å². The number of thiophene rings is 1. The van der Waals surface area contributed by atoms with Crippen molar-refractivity contribution in [1.29, 1.82) is 0 Å². The van der Waals surface area contributed by atoms with Crippen molar-refractivity contribution in [2.75, 3.05) is 0 Å². The summed E-state index contributed by atoms with van der Waals surface area (Å²) in [6.07, 6.45) is -0.369. The first-order chi connectivity index (χ1) is 8.97. The van der Waals surface area contributed by atoms with Crippen LogP contribution in [0.3, 0.4) is 0 Å². The maximum absolute atomic E-state index is 13.8. The Morgan fingerprint density at radius 1 is 1.26 bits per heavy atom. The first-order valence-corrected chi connectivity index (χ1v) is 8.05. The molecule has 1 aromatic heterocycles. The molecular weight excluding hydrogens is 397 g/mol. The van der Waals surface area contributed by atoms with E-state index in [0.29, 0.717) is 4.47 Å². The number of hydrogen-bond donors (Lipinski definition) is 1. The predicted octanol–water partition coefficient (Wildman–Crippen LogP) is 4.88. The van der Waals surface area contributed by atoms with Crippen molar-refractivity contribution < 1.29 is 9.13 Å². The van der Waals surface area contributed by atoms with Crippen molar-refractivity contribution in [3.63, 3.8) is 0 Å². The maximum Gasteiger partial charge on any atom is 0.166 e. The average Bonchev–Trinajstić information content (AvgIpc) is 2.74. The first-order valence-electron chi connectivity index (χ1n) is 5.58. The SMILES string of the molecule is CC(N)C(Oc1ccc(Br)cc1F)c1cc(Br)cs1. The van der Waals surface area contributed by atoms with Crippen LogP contribution in [0.5, 0.6) is 5.75 Å². The van der Waals surface area contributed by atoms with Crippen LogP contribution in [0.25, 0.3) is 0 Å². The quantitative estimate of drug-likeness (QED) is 0.782. The van der Waals surface area contributed by atoms with E-state index >= 15 is 0 Å². The lowest BCUT2D eigenvalue weighted by Crippen LogP contribution is -2.28. The van der Waals surface area contributed by atoms with Crippen LogP contribution in [0.2, 0.25) is 0 Å². The molecule has 0 amide bonds. The summed E-state index contributed by atoms with van der Waals surface area (Å²) in [5, 5.41) is 1.95. The third kappa shape index (κ3) is 3.78. The molecule has 0 aliphatic carbocycles. The van der Waals surface area contributed by atoms with Gasteiger partial charge in [0.1, 0.15) is 6.10 Å². The Balaban J connectivity index is 2.26. The lowest BCUT2D eigenvalue weighted by Gasteiger charge is -2.21. The highest BCUT2D eigenvalue weighted by Gasteiger charge is 2.21. The molecule has 19 heavy (non-hydrogen) atoms. The molecule has 2 N–H and O–H groups in total. The third-order valence-corrected chi connectivity index (χ3v) is 4.74. The molecule has 0 radical (unpaired) electrons. The maximum atomic E-state index is 13.8. The van der Waals surface area contributed by atoms with Crippen molar-refractivity contribution in [3.05, 3.63) is 49.3 Å². The molecule has 0 bridgehead atoms. The van der Waals surface area contributed by atoms with E-state index in [9.17, 15) is 4.39 Å². The zero-order valence-electron chi connectivity index (χ0n) is 10.1. The fraction of sp³-hybridized carbons (Fsp3) is 0.231. The van der Waals surface area contributed by atoms with Crippen molar-refractivity contribution in [1.82, 2.24) is 0 Å². The summed E-state index contributed by atoms with van der Waals surface area (Å²) in [6.45, 7) is 1.84. The fourth-order valence-corrected chi connectivity index (χ4v) is 3.53. The van der Waals surface area contributed by atoms with E-state index in [1.807, 2.05) is 18.4 Å². The molecule has 0 fully saturated rings. The molecule has 102 valence electrons. The van der Waals surface area contributed by atoms with Gasteiger partial charge >= 0.3 is 0 Å². The topological polar surface area (TPSA) is 35.2 Å².